The lowest BCUT2D eigenvalue weighted by molar-refractivity contribution is -0.116. The Balaban J connectivity index is 1.60. The zero-order chi connectivity index (χ0) is 19.0. The van der Waals surface area contributed by atoms with E-state index in [1.54, 1.807) is 18.2 Å². The van der Waals surface area contributed by atoms with Crippen molar-refractivity contribution < 1.29 is 9.53 Å². The van der Waals surface area contributed by atoms with Crippen LogP contribution in [0.3, 0.4) is 0 Å². The van der Waals surface area contributed by atoms with E-state index in [1.165, 1.54) is 29.3 Å². The van der Waals surface area contributed by atoms with Gasteiger partial charge in [-0.2, -0.15) is 0 Å². The third-order valence-corrected chi connectivity index (χ3v) is 5.54. The van der Waals surface area contributed by atoms with E-state index >= 15 is 0 Å². The van der Waals surface area contributed by atoms with Gasteiger partial charge in [-0.3, -0.25) is 14.2 Å². The van der Waals surface area contributed by atoms with Crippen LogP contribution in [0.15, 0.2) is 53.6 Å². The Hall–Kier alpha value is -2.90. The maximum atomic E-state index is 12.7. The topological polar surface area (TPSA) is 73.2 Å². The maximum absolute atomic E-state index is 12.7. The fraction of sp³-hybridized carbons (Fsp3) is 0.105. The van der Waals surface area contributed by atoms with Crippen molar-refractivity contribution in [2.24, 2.45) is 0 Å². The molecule has 0 saturated carbocycles. The van der Waals surface area contributed by atoms with E-state index in [9.17, 15) is 9.59 Å². The van der Waals surface area contributed by atoms with Crippen molar-refractivity contribution in [2.75, 3.05) is 12.4 Å². The molecule has 8 heteroatoms. The molecule has 0 aliphatic carbocycles. The van der Waals surface area contributed by atoms with E-state index in [4.69, 9.17) is 16.3 Å². The minimum Gasteiger partial charge on any atom is -0.495 e. The minimum atomic E-state index is -0.347. The molecule has 0 unspecified atom stereocenters. The van der Waals surface area contributed by atoms with Gasteiger partial charge in [0, 0.05) is 15.8 Å². The highest BCUT2D eigenvalue weighted by Gasteiger charge is 2.13. The van der Waals surface area contributed by atoms with E-state index in [0.29, 0.717) is 26.7 Å². The predicted octanol–water partition coefficient (Wildman–Crippen LogP) is 3.91. The summed E-state index contributed by atoms with van der Waals surface area (Å²) in [6, 6.07) is 12.7. The predicted molar refractivity (Wildman–Crippen MR) is 108 cm³/mol. The molecule has 6 nitrogen and oxygen atoms in total. The van der Waals surface area contributed by atoms with Crippen LogP contribution in [-0.4, -0.2) is 22.6 Å². The lowest BCUT2D eigenvalue weighted by atomic mass is 10.2. The smallest absolute Gasteiger partial charge is 0.271 e. The largest absolute Gasteiger partial charge is 0.495 e. The number of thiophene rings is 1. The summed E-state index contributed by atoms with van der Waals surface area (Å²) in [5.74, 6) is 0.172. The molecule has 0 aliphatic rings. The number of nitrogens with zero attached hydrogens (tertiary/aromatic N) is 2. The Kier molecular flexibility index (Phi) is 4.55. The number of benzene rings is 2. The molecule has 4 aromatic rings. The molecule has 0 radical (unpaired) electrons. The van der Waals surface area contributed by atoms with Gasteiger partial charge in [0.2, 0.25) is 5.91 Å². The second kappa shape index (κ2) is 7.02. The van der Waals surface area contributed by atoms with Crippen LogP contribution < -0.4 is 15.6 Å². The lowest BCUT2D eigenvalue weighted by Gasteiger charge is -2.09. The SMILES string of the molecule is COc1ccc(NC(=O)Cn2cnc3c(sc4ccccc43)c2=O)cc1Cl. The number of nitrogens with one attached hydrogen (secondary N) is 1. The number of rotatable bonds is 4. The highest BCUT2D eigenvalue weighted by molar-refractivity contribution is 7.25. The Labute approximate surface area is 163 Å². The van der Waals surface area contributed by atoms with E-state index in [1.807, 2.05) is 24.3 Å². The number of methoxy groups -OCH3 is 1. The lowest BCUT2D eigenvalue weighted by Crippen LogP contribution is -2.27. The Morgan fingerprint density at radius 1 is 1.30 bits per heavy atom. The van der Waals surface area contributed by atoms with Gasteiger partial charge in [-0.15, -0.1) is 11.3 Å². The van der Waals surface area contributed by atoms with Crippen LogP contribution in [0, 0.1) is 0 Å². The van der Waals surface area contributed by atoms with Gasteiger partial charge in [-0.25, -0.2) is 4.98 Å². The molecular weight excluding hydrogens is 386 g/mol. The van der Waals surface area contributed by atoms with Gasteiger partial charge in [-0.05, 0) is 24.3 Å². The molecule has 2 aromatic heterocycles. The van der Waals surface area contributed by atoms with E-state index in [-0.39, 0.29) is 18.0 Å². The number of anilines is 1. The number of hydrogen-bond donors (Lipinski definition) is 1. The van der Waals surface area contributed by atoms with E-state index < -0.39 is 0 Å². The minimum absolute atomic E-state index is 0.139. The number of aromatic nitrogens is 2. The summed E-state index contributed by atoms with van der Waals surface area (Å²) in [5.41, 5.74) is 0.957. The van der Waals surface area contributed by atoms with E-state index in [2.05, 4.69) is 10.3 Å². The summed E-state index contributed by atoms with van der Waals surface area (Å²) in [6.45, 7) is -0.139. The maximum Gasteiger partial charge on any atom is 0.271 e. The Morgan fingerprint density at radius 2 is 2.11 bits per heavy atom. The molecular formula is C19H14ClN3O3S. The number of carbonyl (C=O) groups excluding carboxylic acids is 1. The molecule has 1 N–H and O–H groups in total. The van der Waals surface area contributed by atoms with Crippen molar-refractivity contribution >= 4 is 54.8 Å². The third-order valence-electron chi connectivity index (χ3n) is 4.10. The fourth-order valence-corrected chi connectivity index (χ4v) is 4.19. The van der Waals surface area contributed by atoms with Gasteiger partial charge in [0.05, 0.1) is 24.0 Å². The van der Waals surface area contributed by atoms with Crippen molar-refractivity contribution in [1.29, 1.82) is 0 Å². The molecule has 136 valence electrons. The highest BCUT2D eigenvalue weighted by atomic mass is 35.5. The molecule has 0 spiro atoms. The molecule has 0 fully saturated rings. The Bertz CT molecular complexity index is 1230. The summed E-state index contributed by atoms with van der Waals surface area (Å²) in [5, 5.41) is 4.05. The number of fused-ring (bicyclic) bond motifs is 3. The second-order valence-electron chi connectivity index (χ2n) is 5.85. The van der Waals surface area contributed by atoms with Gasteiger partial charge in [0.15, 0.2) is 0 Å². The molecule has 4 rings (SSSR count). The standard InChI is InChI=1S/C19H14ClN3O3S/c1-26-14-7-6-11(8-13(14)20)22-16(24)9-23-10-21-17-12-4-2-3-5-15(12)27-18(17)19(23)25/h2-8,10H,9H2,1H3,(H,22,24). The Morgan fingerprint density at radius 3 is 2.89 bits per heavy atom. The number of amides is 1. The van der Waals surface area contributed by atoms with Gasteiger partial charge in [-0.1, -0.05) is 29.8 Å². The molecule has 0 atom stereocenters. The van der Waals surface area contributed by atoms with Crippen LogP contribution in [0.2, 0.25) is 5.02 Å². The van der Waals surface area contributed by atoms with Gasteiger partial charge in [0.1, 0.15) is 17.0 Å². The first kappa shape index (κ1) is 17.5. The van der Waals surface area contributed by atoms with Crippen LogP contribution in [0.5, 0.6) is 5.75 Å². The van der Waals surface area contributed by atoms with Crippen molar-refractivity contribution in [2.45, 2.75) is 6.54 Å². The van der Waals surface area contributed by atoms with Crippen molar-refractivity contribution in [3.8, 4) is 5.75 Å². The number of hydrogen-bond acceptors (Lipinski definition) is 5. The van der Waals surface area contributed by atoms with Crippen molar-refractivity contribution in [3.05, 3.63) is 64.2 Å². The molecule has 0 aliphatic heterocycles. The first-order valence-corrected chi connectivity index (χ1v) is 9.26. The van der Waals surface area contributed by atoms with E-state index in [0.717, 1.165) is 10.1 Å². The first-order chi connectivity index (χ1) is 13.1. The second-order valence-corrected chi connectivity index (χ2v) is 7.31. The molecule has 2 heterocycles. The summed E-state index contributed by atoms with van der Waals surface area (Å²) >= 11 is 7.44. The normalized spacial score (nSPS) is 11.0. The molecule has 1 amide bonds. The third kappa shape index (κ3) is 3.27. The van der Waals surface area contributed by atoms with Crippen LogP contribution in [-0.2, 0) is 11.3 Å². The summed E-state index contributed by atoms with van der Waals surface area (Å²) in [7, 11) is 1.52. The van der Waals surface area contributed by atoms with Gasteiger partial charge >= 0.3 is 0 Å². The van der Waals surface area contributed by atoms with Crippen molar-refractivity contribution in [3.63, 3.8) is 0 Å². The van der Waals surface area contributed by atoms with Crippen LogP contribution in [0.25, 0.3) is 20.3 Å². The van der Waals surface area contributed by atoms with Crippen LogP contribution in [0.4, 0.5) is 5.69 Å². The average Bonchev–Trinajstić information content (AvgIpc) is 3.04. The number of carbonyl (C=O) groups is 1. The van der Waals surface area contributed by atoms with Crippen molar-refractivity contribution in [1.82, 2.24) is 9.55 Å². The fourth-order valence-electron chi connectivity index (χ4n) is 2.83. The first-order valence-electron chi connectivity index (χ1n) is 8.07. The highest BCUT2D eigenvalue weighted by Crippen LogP contribution is 2.30. The monoisotopic (exact) mass is 399 g/mol. The quantitative estimate of drug-likeness (QED) is 0.564. The summed E-state index contributed by atoms with van der Waals surface area (Å²) in [4.78, 5) is 29.5. The van der Waals surface area contributed by atoms with Crippen LogP contribution >= 0.6 is 22.9 Å². The zero-order valence-electron chi connectivity index (χ0n) is 14.2. The molecule has 0 bridgehead atoms. The number of ether oxygens (including phenoxy) is 1. The summed E-state index contributed by atoms with van der Waals surface area (Å²) in [6.07, 6.45) is 1.41. The zero-order valence-corrected chi connectivity index (χ0v) is 15.8. The molecule has 27 heavy (non-hydrogen) atoms. The number of halogens is 1. The molecule has 2 aromatic carbocycles. The summed E-state index contributed by atoms with van der Waals surface area (Å²) < 4.78 is 7.92. The average molecular weight is 400 g/mol. The van der Waals surface area contributed by atoms with Crippen LogP contribution in [0.1, 0.15) is 0 Å². The molecule has 0 saturated heterocycles. The van der Waals surface area contributed by atoms with Gasteiger partial charge in [0.25, 0.3) is 5.56 Å². The van der Waals surface area contributed by atoms with Gasteiger partial charge < -0.3 is 10.1 Å².